The molecule has 0 fully saturated rings. The van der Waals surface area contributed by atoms with Crippen LogP contribution in [0.15, 0.2) is 24.3 Å². The van der Waals surface area contributed by atoms with Crippen LogP contribution in [0.4, 0.5) is 22.4 Å². The molecule has 1 amide bonds. The average molecular weight is 349 g/mol. The Kier molecular flexibility index (Phi) is 6.62. The molecule has 0 aliphatic heterocycles. The molecule has 1 N–H and O–H groups in total. The third kappa shape index (κ3) is 8.40. The van der Waals surface area contributed by atoms with Crippen molar-refractivity contribution in [2.45, 2.75) is 39.2 Å². The van der Waals surface area contributed by atoms with E-state index in [-0.39, 0.29) is 12.1 Å². The number of nitrogens with one attached hydrogen (secondary N) is 1. The van der Waals surface area contributed by atoms with Crippen LogP contribution < -0.4 is 10.1 Å². The number of ether oxygens (including phenoxy) is 2. The number of hydrogen-bond donors (Lipinski definition) is 1. The van der Waals surface area contributed by atoms with Gasteiger partial charge in [-0.3, -0.25) is 0 Å². The number of halogens is 4. The molecule has 1 rings (SSSR count). The van der Waals surface area contributed by atoms with Crippen molar-refractivity contribution in [2.24, 2.45) is 0 Å². The van der Waals surface area contributed by atoms with Gasteiger partial charge in [0, 0.05) is 18.2 Å². The topological polar surface area (TPSA) is 47.6 Å². The van der Waals surface area contributed by atoms with Crippen LogP contribution in [0.5, 0.6) is 5.75 Å². The zero-order valence-corrected chi connectivity index (χ0v) is 13.5. The molecule has 8 heteroatoms. The number of rotatable bonds is 5. The Hall–Kier alpha value is -2.25. The van der Waals surface area contributed by atoms with Crippen molar-refractivity contribution in [2.75, 3.05) is 6.54 Å². The smallest absolute Gasteiger partial charge is 0.444 e. The summed E-state index contributed by atoms with van der Waals surface area (Å²) in [6.45, 7) is 5.49. The standard InChI is InChI=1S/C16H19F4NO3/c1-15(2,3)24-14(22)21-9-5-4-6-11-7-8-12(10-13(11)17)23-16(18,19)20/h4,6-8,10H,5,9H2,1-3H3,(H,21,22). The highest BCUT2D eigenvalue weighted by Gasteiger charge is 2.31. The van der Waals surface area contributed by atoms with Crippen LogP contribution in [0.2, 0.25) is 0 Å². The summed E-state index contributed by atoms with van der Waals surface area (Å²) in [4.78, 5) is 11.4. The van der Waals surface area contributed by atoms with Crippen LogP contribution in [0.3, 0.4) is 0 Å². The molecule has 0 radical (unpaired) electrons. The lowest BCUT2D eigenvalue weighted by atomic mass is 10.2. The lowest BCUT2D eigenvalue weighted by molar-refractivity contribution is -0.274. The lowest BCUT2D eigenvalue weighted by Gasteiger charge is -2.19. The normalized spacial score (nSPS) is 12.3. The van der Waals surface area contributed by atoms with E-state index in [4.69, 9.17) is 4.74 Å². The first kappa shape index (κ1) is 19.8. The monoisotopic (exact) mass is 349 g/mol. The molecule has 0 unspecified atom stereocenters. The van der Waals surface area contributed by atoms with Crippen molar-refractivity contribution in [3.63, 3.8) is 0 Å². The largest absolute Gasteiger partial charge is 0.573 e. The molecule has 0 atom stereocenters. The van der Waals surface area contributed by atoms with E-state index in [1.807, 2.05) is 0 Å². The zero-order valence-electron chi connectivity index (χ0n) is 13.5. The van der Waals surface area contributed by atoms with E-state index in [0.717, 1.165) is 6.07 Å². The predicted octanol–water partition coefficient (Wildman–Crippen LogP) is 4.65. The van der Waals surface area contributed by atoms with E-state index in [2.05, 4.69) is 10.1 Å². The second kappa shape index (κ2) is 8.03. The predicted molar refractivity (Wildman–Crippen MR) is 81.0 cm³/mol. The van der Waals surface area contributed by atoms with Crippen LogP contribution in [0.1, 0.15) is 32.8 Å². The third-order valence-corrected chi connectivity index (χ3v) is 2.48. The van der Waals surface area contributed by atoms with Crippen molar-refractivity contribution in [3.05, 3.63) is 35.7 Å². The van der Waals surface area contributed by atoms with Gasteiger partial charge in [-0.2, -0.15) is 0 Å². The van der Waals surface area contributed by atoms with Crippen LogP contribution in [-0.4, -0.2) is 24.6 Å². The zero-order chi connectivity index (χ0) is 18.4. The first-order valence-corrected chi connectivity index (χ1v) is 7.15. The fourth-order valence-corrected chi connectivity index (χ4v) is 1.62. The van der Waals surface area contributed by atoms with Crippen molar-refractivity contribution < 1.29 is 31.8 Å². The molecule has 0 saturated carbocycles. The maximum atomic E-state index is 13.7. The van der Waals surface area contributed by atoms with Crippen LogP contribution >= 0.6 is 0 Å². The Labute approximate surface area is 137 Å². The number of hydrogen-bond acceptors (Lipinski definition) is 3. The molecule has 1 aromatic carbocycles. The van der Waals surface area contributed by atoms with Gasteiger partial charge in [0.25, 0.3) is 0 Å². The van der Waals surface area contributed by atoms with Crippen LogP contribution in [-0.2, 0) is 4.74 Å². The quantitative estimate of drug-likeness (QED) is 0.622. The lowest BCUT2D eigenvalue weighted by Crippen LogP contribution is -2.32. The van der Waals surface area contributed by atoms with Gasteiger partial charge in [-0.1, -0.05) is 12.2 Å². The maximum absolute atomic E-state index is 13.7. The fourth-order valence-electron chi connectivity index (χ4n) is 1.62. The van der Waals surface area contributed by atoms with Crippen molar-refractivity contribution in [1.29, 1.82) is 0 Å². The van der Waals surface area contributed by atoms with E-state index in [1.54, 1.807) is 26.8 Å². The van der Waals surface area contributed by atoms with Gasteiger partial charge < -0.3 is 14.8 Å². The molecule has 4 nitrogen and oxygen atoms in total. The van der Waals surface area contributed by atoms with E-state index < -0.39 is 29.6 Å². The van der Waals surface area contributed by atoms with Gasteiger partial charge in [0.15, 0.2) is 0 Å². The Morgan fingerprint density at radius 3 is 2.46 bits per heavy atom. The van der Waals surface area contributed by atoms with Gasteiger partial charge >= 0.3 is 12.5 Å². The average Bonchev–Trinajstić information content (AvgIpc) is 2.36. The third-order valence-electron chi connectivity index (χ3n) is 2.48. The molecule has 134 valence electrons. The Morgan fingerprint density at radius 2 is 1.92 bits per heavy atom. The van der Waals surface area contributed by atoms with Crippen molar-refractivity contribution >= 4 is 12.2 Å². The van der Waals surface area contributed by atoms with Gasteiger partial charge in [0.2, 0.25) is 0 Å². The number of amides is 1. The van der Waals surface area contributed by atoms with E-state index in [9.17, 15) is 22.4 Å². The summed E-state index contributed by atoms with van der Waals surface area (Å²) in [6.07, 6.45) is -2.03. The van der Waals surface area contributed by atoms with E-state index in [1.165, 1.54) is 12.1 Å². The van der Waals surface area contributed by atoms with Gasteiger partial charge in [0.1, 0.15) is 17.2 Å². The summed E-state index contributed by atoms with van der Waals surface area (Å²) >= 11 is 0. The maximum Gasteiger partial charge on any atom is 0.573 e. The van der Waals surface area contributed by atoms with Gasteiger partial charge in [-0.05, 0) is 39.3 Å². The summed E-state index contributed by atoms with van der Waals surface area (Å²) in [6, 6.07) is 2.86. The number of alkyl carbamates (subject to hydrolysis) is 1. The fraction of sp³-hybridized carbons (Fsp3) is 0.438. The summed E-state index contributed by atoms with van der Waals surface area (Å²) in [5, 5.41) is 2.52. The molecular formula is C16H19F4NO3. The number of benzene rings is 1. The summed E-state index contributed by atoms with van der Waals surface area (Å²) in [5.41, 5.74) is -0.481. The SMILES string of the molecule is CC(C)(C)OC(=O)NCCC=Cc1ccc(OC(F)(F)F)cc1F. The van der Waals surface area contributed by atoms with Crippen LogP contribution in [0.25, 0.3) is 6.08 Å². The highest BCUT2D eigenvalue weighted by Crippen LogP contribution is 2.24. The molecule has 0 aromatic heterocycles. The Balaban J connectivity index is 2.46. The summed E-state index contributed by atoms with van der Waals surface area (Å²) in [5.74, 6) is -1.46. The molecule has 0 bridgehead atoms. The van der Waals surface area contributed by atoms with Crippen molar-refractivity contribution in [1.82, 2.24) is 5.32 Å². The minimum Gasteiger partial charge on any atom is -0.444 e. The highest BCUT2D eigenvalue weighted by atomic mass is 19.4. The van der Waals surface area contributed by atoms with E-state index in [0.29, 0.717) is 12.5 Å². The number of carbonyl (C=O) groups is 1. The minimum atomic E-state index is -4.86. The first-order chi connectivity index (χ1) is 11.0. The Morgan fingerprint density at radius 1 is 1.25 bits per heavy atom. The number of carbonyl (C=O) groups excluding carboxylic acids is 1. The molecule has 0 aliphatic carbocycles. The molecular weight excluding hydrogens is 330 g/mol. The van der Waals surface area contributed by atoms with Crippen LogP contribution in [0, 0.1) is 5.82 Å². The minimum absolute atomic E-state index is 0.113. The van der Waals surface area contributed by atoms with Gasteiger partial charge in [0.05, 0.1) is 0 Å². The molecule has 0 aliphatic rings. The Bertz CT molecular complexity index is 592. The summed E-state index contributed by atoms with van der Waals surface area (Å²) < 4.78 is 58.4. The molecule has 0 saturated heterocycles. The molecule has 0 heterocycles. The number of alkyl halides is 3. The summed E-state index contributed by atoms with van der Waals surface area (Å²) in [7, 11) is 0. The van der Waals surface area contributed by atoms with E-state index >= 15 is 0 Å². The molecule has 0 spiro atoms. The molecule has 24 heavy (non-hydrogen) atoms. The second-order valence-corrected chi connectivity index (χ2v) is 5.85. The van der Waals surface area contributed by atoms with Crippen molar-refractivity contribution in [3.8, 4) is 5.75 Å². The first-order valence-electron chi connectivity index (χ1n) is 7.15. The highest BCUT2D eigenvalue weighted by molar-refractivity contribution is 5.67. The molecule has 1 aromatic rings. The van der Waals surface area contributed by atoms with Gasteiger partial charge in [-0.25, -0.2) is 9.18 Å². The van der Waals surface area contributed by atoms with Gasteiger partial charge in [-0.15, -0.1) is 13.2 Å². The second-order valence-electron chi connectivity index (χ2n) is 5.85.